The number of hydrogen-bond acceptors (Lipinski definition) is 7. The fourth-order valence-electron chi connectivity index (χ4n) is 2.18. The Labute approximate surface area is 144 Å². The number of hydrogen-bond donors (Lipinski definition) is 1. The maximum absolute atomic E-state index is 9.21. The number of anilines is 1. The molecule has 126 valence electrons. The highest BCUT2D eigenvalue weighted by atomic mass is 16.5. The number of aromatic nitrogens is 2. The second-order valence-electron chi connectivity index (χ2n) is 5.05. The molecule has 0 aliphatic heterocycles. The Balaban J connectivity index is 1.67. The Bertz CT molecular complexity index is 872. The molecule has 0 radical (unpaired) electrons. The molecule has 3 aromatic rings. The zero-order valence-corrected chi connectivity index (χ0v) is 13.6. The third-order valence-electron chi connectivity index (χ3n) is 3.40. The molecule has 25 heavy (non-hydrogen) atoms. The third-order valence-corrected chi connectivity index (χ3v) is 3.40. The average molecular weight is 336 g/mol. The topological polar surface area (TPSA) is 93.2 Å². The van der Waals surface area contributed by atoms with Crippen LogP contribution >= 0.6 is 0 Å². The zero-order valence-electron chi connectivity index (χ0n) is 13.6. The molecule has 3 rings (SSSR count). The summed E-state index contributed by atoms with van der Waals surface area (Å²) in [5.41, 5.74) is 1.20. The van der Waals surface area contributed by atoms with E-state index in [2.05, 4.69) is 15.3 Å². The number of nitrogens with zero attached hydrogens (tertiary/aromatic N) is 3. The Hall–Kier alpha value is -3.53. The smallest absolute Gasteiger partial charge is 0.236 e. The summed E-state index contributed by atoms with van der Waals surface area (Å²) in [6.07, 6.45) is 3.41. The van der Waals surface area contributed by atoms with Crippen LogP contribution in [0.4, 0.5) is 5.88 Å². The minimum atomic E-state index is 0.0893. The van der Waals surface area contributed by atoms with Gasteiger partial charge in [-0.25, -0.2) is 0 Å². The summed E-state index contributed by atoms with van der Waals surface area (Å²) in [4.78, 5) is 8.11. The van der Waals surface area contributed by atoms with Crippen molar-refractivity contribution in [3.63, 3.8) is 0 Å². The van der Waals surface area contributed by atoms with Gasteiger partial charge in [0.25, 0.3) is 0 Å². The fourth-order valence-corrected chi connectivity index (χ4v) is 2.18. The van der Waals surface area contributed by atoms with Crippen LogP contribution in [-0.2, 0) is 13.2 Å². The van der Waals surface area contributed by atoms with Crippen LogP contribution in [0.1, 0.15) is 17.1 Å². The molecular formula is C18H16N4O3. The van der Waals surface area contributed by atoms with E-state index >= 15 is 0 Å². The normalized spacial score (nSPS) is 10.1. The highest BCUT2D eigenvalue weighted by Crippen LogP contribution is 2.27. The summed E-state index contributed by atoms with van der Waals surface area (Å²) in [6.45, 7) is 0.588. The number of pyridine rings is 1. The molecule has 0 atom stereocenters. The summed E-state index contributed by atoms with van der Waals surface area (Å²) in [6, 6.07) is 13.0. The predicted molar refractivity (Wildman–Crippen MR) is 90.1 cm³/mol. The third kappa shape index (κ3) is 4.06. The number of para-hydroxylation sites is 2. The van der Waals surface area contributed by atoms with Gasteiger partial charge >= 0.3 is 0 Å². The number of ether oxygens (including phenoxy) is 2. The molecule has 0 spiro atoms. The van der Waals surface area contributed by atoms with Crippen molar-refractivity contribution in [2.24, 2.45) is 0 Å². The van der Waals surface area contributed by atoms with Gasteiger partial charge in [-0.2, -0.15) is 10.2 Å². The fraction of sp³-hybridized carbons (Fsp3) is 0.167. The van der Waals surface area contributed by atoms with E-state index in [-0.39, 0.29) is 12.3 Å². The highest BCUT2D eigenvalue weighted by molar-refractivity contribution is 5.45. The standard InChI is InChI=1S/C18H16N4O3/c1-23-15-4-2-3-5-16(15)24-12-17-22-14(10-19)18(25-17)21-11-13-6-8-20-9-7-13/h2-9,21H,11-12H2,1H3. The first-order valence-electron chi connectivity index (χ1n) is 7.58. The molecular weight excluding hydrogens is 320 g/mol. The second-order valence-corrected chi connectivity index (χ2v) is 5.05. The van der Waals surface area contributed by atoms with Crippen LogP contribution in [0.15, 0.2) is 53.2 Å². The van der Waals surface area contributed by atoms with E-state index in [0.29, 0.717) is 29.8 Å². The van der Waals surface area contributed by atoms with Crippen LogP contribution < -0.4 is 14.8 Å². The number of nitrogens with one attached hydrogen (secondary N) is 1. The van der Waals surface area contributed by atoms with Gasteiger partial charge in [-0.05, 0) is 29.8 Å². The van der Waals surface area contributed by atoms with Crippen molar-refractivity contribution in [1.29, 1.82) is 5.26 Å². The molecule has 2 heterocycles. The molecule has 0 saturated carbocycles. The van der Waals surface area contributed by atoms with Gasteiger partial charge in [-0.15, -0.1) is 0 Å². The van der Waals surface area contributed by atoms with Crippen molar-refractivity contribution in [2.45, 2.75) is 13.2 Å². The molecule has 1 aromatic carbocycles. The Morgan fingerprint density at radius 3 is 2.64 bits per heavy atom. The molecule has 2 aromatic heterocycles. The van der Waals surface area contributed by atoms with E-state index in [9.17, 15) is 5.26 Å². The van der Waals surface area contributed by atoms with Crippen molar-refractivity contribution in [1.82, 2.24) is 9.97 Å². The van der Waals surface area contributed by atoms with E-state index in [1.54, 1.807) is 31.6 Å². The van der Waals surface area contributed by atoms with Gasteiger partial charge in [-0.3, -0.25) is 4.98 Å². The Morgan fingerprint density at radius 2 is 1.92 bits per heavy atom. The van der Waals surface area contributed by atoms with Gasteiger partial charge in [0.15, 0.2) is 18.1 Å². The van der Waals surface area contributed by atoms with E-state index in [4.69, 9.17) is 13.9 Å². The summed E-state index contributed by atoms with van der Waals surface area (Å²) in [5, 5.41) is 12.3. The lowest BCUT2D eigenvalue weighted by Gasteiger charge is -2.08. The first kappa shape index (κ1) is 16.3. The summed E-state index contributed by atoms with van der Waals surface area (Å²) in [7, 11) is 1.57. The minimum absolute atomic E-state index is 0.0893. The van der Waals surface area contributed by atoms with Gasteiger partial charge in [-0.1, -0.05) is 12.1 Å². The molecule has 0 unspecified atom stereocenters. The molecule has 7 nitrogen and oxygen atoms in total. The Kier molecular flexibility index (Phi) is 5.12. The summed E-state index contributed by atoms with van der Waals surface area (Å²) in [5.74, 6) is 1.82. The van der Waals surface area contributed by atoms with Crippen molar-refractivity contribution in [3.05, 3.63) is 65.9 Å². The van der Waals surface area contributed by atoms with Gasteiger partial charge in [0.1, 0.15) is 6.07 Å². The van der Waals surface area contributed by atoms with E-state index < -0.39 is 0 Å². The maximum atomic E-state index is 9.21. The van der Waals surface area contributed by atoms with Crippen molar-refractivity contribution >= 4 is 5.88 Å². The van der Waals surface area contributed by atoms with Crippen molar-refractivity contribution < 1.29 is 13.9 Å². The molecule has 0 aliphatic rings. The molecule has 0 fully saturated rings. The predicted octanol–water partition coefficient (Wildman–Crippen LogP) is 3.14. The van der Waals surface area contributed by atoms with Gasteiger partial charge in [0.05, 0.1) is 7.11 Å². The van der Waals surface area contributed by atoms with Crippen molar-refractivity contribution in [2.75, 3.05) is 12.4 Å². The molecule has 0 amide bonds. The zero-order chi connectivity index (χ0) is 17.5. The first-order chi connectivity index (χ1) is 12.3. The van der Waals surface area contributed by atoms with Crippen LogP contribution in [0.5, 0.6) is 11.5 Å². The number of benzene rings is 1. The average Bonchev–Trinajstić information content (AvgIpc) is 3.08. The summed E-state index contributed by atoms with van der Waals surface area (Å²) >= 11 is 0. The summed E-state index contributed by atoms with van der Waals surface area (Å²) < 4.78 is 16.5. The minimum Gasteiger partial charge on any atom is -0.493 e. The highest BCUT2D eigenvalue weighted by Gasteiger charge is 2.14. The number of rotatable bonds is 7. The largest absolute Gasteiger partial charge is 0.493 e. The van der Waals surface area contributed by atoms with E-state index in [1.165, 1.54) is 0 Å². The molecule has 0 bridgehead atoms. The quantitative estimate of drug-likeness (QED) is 0.708. The lowest BCUT2D eigenvalue weighted by molar-refractivity contribution is 0.251. The maximum Gasteiger partial charge on any atom is 0.236 e. The molecule has 1 N–H and O–H groups in total. The number of nitriles is 1. The van der Waals surface area contributed by atoms with Crippen LogP contribution in [0, 0.1) is 11.3 Å². The van der Waals surface area contributed by atoms with Crippen LogP contribution in [0.3, 0.4) is 0 Å². The van der Waals surface area contributed by atoms with Crippen LogP contribution in [-0.4, -0.2) is 17.1 Å². The Morgan fingerprint density at radius 1 is 1.16 bits per heavy atom. The van der Waals surface area contributed by atoms with E-state index in [0.717, 1.165) is 5.56 Å². The van der Waals surface area contributed by atoms with Gasteiger partial charge in [0, 0.05) is 18.9 Å². The first-order valence-corrected chi connectivity index (χ1v) is 7.58. The molecule has 0 aliphatic carbocycles. The molecule has 7 heteroatoms. The van der Waals surface area contributed by atoms with Crippen LogP contribution in [0.25, 0.3) is 0 Å². The number of methoxy groups -OCH3 is 1. The SMILES string of the molecule is COc1ccccc1OCc1nc(C#N)c(NCc2ccncc2)o1. The van der Waals surface area contributed by atoms with Crippen molar-refractivity contribution in [3.8, 4) is 17.6 Å². The number of oxazole rings is 1. The monoisotopic (exact) mass is 336 g/mol. The lowest BCUT2D eigenvalue weighted by atomic mass is 10.3. The van der Waals surface area contributed by atoms with Gasteiger partial charge < -0.3 is 19.2 Å². The van der Waals surface area contributed by atoms with Gasteiger partial charge in [0.2, 0.25) is 17.5 Å². The second kappa shape index (κ2) is 7.84. The molecule has 0 saturated heterocycles. The lowest BCUT2D eigenvalue weighted by Crippen LogP contribution is -1.99. The van der Waals surface area contributed by atoms with Crippen LogP contribution in [0.2, 0.25) is 0 Å². The van der Waals surface area contributed by atoms with E-state index in [1.807, 2.05) is 30.3 Å².